The minimum atomic E-state index is -0.367. The van der Waals surface area contributed by atoms with Gasteiger partial charge in [-0.25, -0.2) is 0 Å². The fraction of sp³-hybridized carbons (Fsp3) is 0.667. The van der Waals surface area contributed by atoms with Crippen LogP contribution in [0.4, 0.5) is 0 Å². The number of fused-ring (bicyclic) bond motifs is 1. The molecule has 160 valence electrons. The number of aryl methyl sites for hydroxylation is 1. The molecule has 1 aromatic rings. The highest BCUT2D eigenvalue weighted by molar-refractivity contribution is 7.14. The van der Waals surface area contributed by atoms with Crippen molar-refractivity contribution in [2.45, 2.75) is 52.9 Å². The number of hydrogen-bond donors (Lipinski definition) is 2. The van der Waals surface area contributed by atoms with E-state index in [1.165, 1.54) is 21.8 Å². The lowest BCUT2D eigenvalue weighted by molar-refractivity contribution is -0.137. The lowest BCUT2D eigenvalue weighted by Crippen LogP contribution is -2.43. The van der Waals surface area contributed by atoms with Gasteiger partial charge in [0.1, 0.15) is 0 Å². The number of nitrogens with zero attached hydrogens (tertiary/aromatic N) is 1. The number of morpholine rings is 1. The fourth-order valence-corrected chi connectivity index (χ4v) is 4.92. The Hall–Kier alpha value is -1.93. The highest BCUT2D eigenvalue weighted by Crippen LogP contribution is 2.40. The van der Waals surface area contributed by atoms with E-state index in [1.807, 2.05) is 6.07 Å². The number of thiophene rings is 1. The van der Waals surface area contributed by atoms with Crippen LogP contribution in [0.25, 0.3) is 0 Å². The Labute approximate surface area is 176 Å². The van der Waals surface area contributed by atoms with Gasteiger partial charge in [-0.3, -0.25) is 25.2 Å². The van der Waals surface area contributed by atoms with Crippen molar-refractivity contribution in [3.63, 3.8) is 0 Å². The second kappa shape index (κ2) is 9.26. The van der Waals surface area contributed by atoms with Crippen LogP contribution >= 0.6 is 11.3 Å². The monoisotopic (exact) mass is 421 g/mol. The molecule has 0 aromatic carbocycles. The predicted octanol–water partition coefficient (Wildman–Crippen LogP) is 2.30. The van der Waals surface area contributed by atoms with Crippen LogP contribution in [-0.2, 0) is 27.2 Å². The summed E-state index contributed by atoms with van der Waals surface area (Å²) >= 11 is 1.51. The summed E-state index contributed by atoms with van der Waals surface area (Å²) in [4.78, 5) is 40.1. The normalized spacial score (nSPS) is 19.4. The molecule has 29 heavy (non-hydrogen) atoms. The fourth-order valence-electron chi connectivity index (χ4n) is 3.82. The summed E-state index contributed by atoms with van der Waals surface area (Å²) < 4.78 is 5.22. The topological polar surface area (TPSA) is 87.7 Å². The number of rotatable bonds is 4. The Balaban J connectivity index is 1.44. The van der Waals surface area contributed by atoms with Crippen molar-refractivity contribution < 1.29 is 19.1 Å². The van der Waals surface area contributed by atoms with Gasteiger partial charge in [0.05, 0.1) is 18.1 Å². The molecule has 2 heterocycles. The first-order chi connectivity index (χ1) is 13.7. The molecule has 3 rings (SSSR count). The Bertz CT molecular complexity index is 762. The third-order valence-electron chi connectivity index (χ3n) is 5.78. The van der Waals surface area contributed by atoms with Crippen molar-refractivity contribution in [3.8, 4) is 0 Å². The van der Waals surface area contributed by atoms with Gasteiger partial charge in [-0.2, -0.15) is 0 Å². The number of hydrogen-bond acceptors (Lipinski definition) is 5. The van der Waals surface area contributed by atoms with Gasteiger partial charge in [-0.05, 0) is 42.2 Å². The first-order valence-corrected chi connectivity index (χ1v) is 11.1. The van der Waals surface area contributed by atoms with Crippen molar-refractivity contribution in [1.29, 1.82) is 0 Å². The van der Waals surface area contributed by atoms with Crippen LogP contribution in [0.2, 0.25) is 0 Å². The third-order valence-corrected chi connectivity index (χ3v) is 7.01. The zero-order valence-electron chi connectivity index (χ0n) is 17.5. The van der Waals surface area contributed by atoms with E-state index in [0.29, 0.717) is 37.1 Å². The zero-order valence-corrected chi connectivity index (χ0v) is 18.3. The highest BCUT2D eigenvalue weighted by Gasteiger charge is 2.30. The predicted molar refractivity (Wildman–Crippen MR) is 112 cm³/mol. The van der Waals surface area contributed by atoms with Crippen LogP contribution in [0.15, 0.2) is 6.07 Å². The summed E-state index contributed by atoms with van der Waals surface area (Å²) in [6.45, 7) is 9.00. The molecule has 0 radical (unpaired) electrons. The molecular formula is C21H31N3O4S. The maximum absolute atomic E-state index is 12.4. The lowest BCUT2D eigenvalue weighted by atomic mass is 9.72. The largest absolute Gasteiger partial charge is 0.378 e. The van der Waals surface area contributed by atoms with Gasteiger partial charge < -0.3 is 9.64 Å². The molecule has 0 unspecified atom stereocenters. The SMILES string of the molecule is CC(C)(C)[C@H]1CCc2sc(C(=O)NNC(=O)CCC(=O)N3CCOCC3)cc2C1. The Morgan fingerprint density at radius 2 is 1.90 bits per heavy atom. The van der Waals surface area contributed by atoms with Gasteiger partial charge in [-0.1, -0.05) is 20.8 Å². The Kier molecular flexibility index (Phi) is 6.95. The Morgan fingerprint density at radius 1 is 1.17 bits per heavy atom. The van der Waals surface area contributed by atoms with Gasteiger partial charge in [0.2, 0.25) is 11.8 Å². The average molecular weight is 422 g/mol. The van der Waals surface area contributed by atoms with E-state index in [4.69, 9.17) is 4.74 Å². The van der Waals surface area contributed by atoms with Gasteiger partial charge in [0.15, 0.2) is 0 Å². The van der Waals surface area contributed by atoms with Crippen LogP contribution in [0.1, 0.15) is 60.1 Å². The second-order valence-electron chi connectivity index (χ2n) is 8.86. The third kappa shape index (κ3) is 5.79. The smallest absolute Gasteiger partial charge is 0.279 e. The van der Waals surface area contributed by atoms with E-state index in [0.717, 1.165) is 19.3 Å². The molecule has 1 fully saturated rings. The maximum Gasteiger partial charge on any atom is 0.279 e. The van der Waals surface area contributed by atoms with E-state index >= 15 is 0 Å². The first kappa shape index (κ1) is 21.8. The van der Waals surface area contributed by atoms with Crippen molar-refractivity contribution in [1.82, 2.24) is 15.8 Å². The van der Waals surface area contributed by atoms with E-state index in [2.05, 4.69) is 31.6 Å². The molecule has 1 aliphatic heterocycles. The summed E-state index contributed by atoms with van der Waals surface area (Å²) in [6, 6.07) is 1.96. The molecule has 1 aliphatic carbocycles. The minimum Gasteiger partial charge on any atom is -0.378 e. The number of amides is 3. The number of hydrazine groups is 1. The van der Waals surface area contributed by atoms with E-state index < -0.39 is 0 Å². The average Bonchev–Trinajstić information content (AvgIpc) is 3.13. The highest BCUT2D eigenvalue weighted by atomic mass is 32.1. The van der Waals surface area contributed by atoms with Crippen molar-refractivity contribution in [2.75, 3.05) is 26.3 Å². The number of carbonyl (C=O) groups is 3. The first-order valence-electron chi connectivity index (χ1n) is 10.3. The van der Waals surface area contributed by atoms with Gasteiger partial charge in [0, 0.05) is 30.8 Å². The summed E-state index contributed by atoms with van der Waals surface area (Å²) in [5.41, 5.74) is 6.42. The molecule has 1 aromatic heterocycles. The van der Waals surface area contributed by atoms with Crippen LogP contribution in [0, 0.1) is 11.3 Å². The van der Waals surface area contributed by atoms with Crippen LogP contribution < -0.4 is 10.9 Å². The quantitative estimate of drug-likeness (QED) is 0.731. The zero-order chi connectivity index (χ0) is 21.0. The molecule has 1 saturated heterocycles. The molecule has 0 spiro atoms. The van der Waals surface area contributed by atoms with Gasteiger partial charge in [0.25, 0.3) is 5.91 Å². The van der Waals surface area contributed by atoms with E-state index in [9.17, 15) is 14.4 Å². The number of ether oxygens (including phenoxy) is 1. The number of nitrogens with one attached hydrogen (secondary N) is 2. The Morgan fingerprint density at radius 3 is 2.59 bits per heavy atom. The molecule has 2 aliphatic rings. The van der Waals surface area contributed by atoms with Gasteiger partial charge >= 0.3 is 0 Å². The van der Waals surface area contributed by atoms with E-state index in [1.54, 1.807) is 4.90 Å². The van der Waals surface area contributed by atoms with Crippen LogP contribution in [0.5, 0.6) is 0 Å². The molecule has 1 atom stereocenters. The summed E-state index contributed by atoms with van der Waals surface area (Å²) in [5.74, 6) is -0.114. The minimum absolute atomic E-state index is 0.0463. The molecular weight excluding hydrogens is 390 g/mol. The summed E-state index contributed by atoms with van der Waals surface area (Å²) in [7, 11) is 0. The van der Waals surface area contributed by atoms with Crippen LogP contribution in [0.3, 0.4) is 0 Å². The molecule has 8 heteroatoms. The number of carbonyl (C=O) groups excluding carboxylic acids is 3. The maximum atomic E-state index is 12.4. The van der Waals surface area contributed by atoms with Crippen molar-refractivity contribution in [3.05, 3.63) is 21.4 Å². The van der Waals surface area contributed by atoms with Crippen LogP contribution in [-0.4, -0.2) is 48.9 Å². The van der Waals surface area contributed by atoms with Crippen molar-refractivity contribution in [2.24, 2.45) is 11.3 Å². The molecule has 7 nitrogen and oxygen atoms in total. The molecule has 3 amide bonds. The molecule has 2 N–H and O–H groups in total. The van der Waals surface area contributed by atoms with Crippen molar-refractivity contribution >= 4 is 29.1 Å². The second-order valence-corrected chi connectivity index (χ2v) is 10.00. The van der Waals surface area contributed by atoms with E-state index in [-0.39, 0.29) is 36.0 Å². The summed E-state index contributed by atoms with van der Waals surface area (Å²) in [6.07, 6.45) is 3.32. The summed E-state index contributed by atoms with van der Waals surface area (Å²) in [5, 5.41) is 0. The standard InChI is InChI=1S/C21H31N3O4S/c1-21(2,3)15-4-5-16-14(12-15)13-17(29-16)20(27)23-22-18(25)6-7-19(26)24-8-10-28-11-9-24/h13,15H,4-12H2,1-3H3,(H,22,25)(H,23,27)/t15-/m0/s1. The molecule has 0 saturated carbocycles. The van der Waals surface area contributed by atoms with Gasteiger partial charge in [-0.15, -0.1) is 11.3 Å². The molecule has 0 bridgehead atoms. The lowest BCUT2D eigenvalue weighted by Gasteiger charge is -2.33.